The second-order valence-corrected chi connectivity index (χ2v) is 33.5. The van der Waals surface area contributed by atoms with Gasteiger partial charge in [-0.15, -0.1) is 23.2 Å². The van der Waals surface area contributed by atoms with E-state index in [4.69, 9.17) is 61.8 Å². The molecule has 0 bridgehead atoms. The van der Waals surface area contributed by atoms with Gasteiger partial charge in [-0.25, -0.2) is 15.0 Å². The minimum Gasteiger partial charge on any atom is -0.493 e. The molecule has 126 heavy (non-hydrogen) atoms. The van der Waals surface area contributed by atoms with E-state index < -0.39 is 36.5 Å². The Morgan fingerprint density at radius 2 is 0.841 bits per heavy atom. The molecule has 3 fully saturated rings. The maximum atomic E-state index is 13.1. The molecular formula is C95H126Cl2F6N8O15. The van der Waals surface area contributed by atoms with Crippen LogP contribution in [0.5, 0.6) is 17.2 Å². The molecule has 3 aromatic carbocycles. The number of aryl methyl sites for hydroxylation is 6. The van der Waals surface area contributed by atoms with Gasteiger partial charge in [-0.05, 0) is 218 Å². The summed E-state index contributed by atoms with van der Waals surface area (Å²) in [7, 11) is 2.93. The fourth-order valence-corrected chi connectivity index (χ4v) is 17.6. The Kier molecular flexibility index (Phi) is 42.0. The van der Waals surface area contributed by atoms with Crippen molar-refractivity contribution in [1.29, 1.82) is 0 Å². The molecule has 0 radical (unpaired) electrons. The van der Waals surface area contributed by atoms with E-state index in [1.807, 2.05) is 35.2 Å². The summed E-state index contributed by atoms with van der Waals surface area (Å²) in [5.41, 5.74) is 12.4. The summed E-state index contributed by atoms with van der Waals surface area (Å²) in [5, 5.41) is 24.9. The molecule has 23 nitrogen and oxygen atoms in total. The van der Waals surface area contributed by atoms with E-state index >= 15 is 0 Å². The molecule has 4 N–H and O–H groups in total. The Morgan fingerprint density at radius 3 is 1.22 bits per heavy atom. The van der Waals surface area contributed by atoms with Crippen molar-refractivity contribution in [2.75, 3.05) is 101 Å². The summed E-state index contributed by atoms with van der Waals surface area (Å²) >= 11 is 9.53. The van der Waals surface area contributed by atoms with Crippen molar-refractivity contribution >= 4 is 88.5 Å². The highest BCUT2D eigenvalue weighted by Crippen LogP contribution is 2.42. The summed E-state index contributed by atoms with van der Waals surface area (Å²) in [6, 6.07) is 30.5. The predicted octanol–water partition coefficient (Wildman–Crippen LogP) is 18.7. The number of nitrogens with one attached hydrogen (secondary N) is 2. The zero-order valence-electron chi connectivity index (χ0n) is 70.1. The average molecular weight is 1800 g/mol. The van der Waals surface area contributed by atoms with Gasteiger partial charge in [0.2, 0.25) is 18.1 Å². The SMILES string of the molecule is C.C.C.COC(=O)CC(CC1CCCCC1)c1ccc2c(c1)OCC2.COC(=O)CC(CC1CCN(C(=O)CCc2ccc3c(n2)NCCC3)CC1)c1ccc2c(c1)OCC2.ClCCl.O=C(O)CC(CC1CCN(C(=O)CCc2ccc3c(n2)N(C(=O)C(F)(F)F)CCC3)CC1)c1ccc2c(c1)OCC2.O=C(O)CCc1ccc2c(n1)NCCC2.O=CC(F)(F)F. The molecule has 31 heteroatoms. The van der Waals surface area contributed by atoms with E-state index in [9.17, 15) is 65.0 Å². The van der Waals surface area contributed by atoms with Crippen molar-refractivity contribution < 1.29 is 98.6 Å². The van der Waals surface area contributed by atoms with Crippen LogP contribution in [0.25, 0.3) is 0 Å². The number of aldehydes is 1. The van der Waals surface area contributed by atoms with E-state index in [2.05, 4.69) is 69.1 Å². The first-order chi connectivity index (χ1) is 59.2. The maximum absolute atomic E-state index is 13.1. The first-order valence-electron chi connectivity index (χ1n) is 43.0. The van der Waals surface area contributed by atoms with Crippen molar-refractivity contribution in [2.45, 2.75) is 245 Å². The van der Waals surface area contributed by atoms with E-state index in [0.717, 1.165) is 192 Å². The predicted molar refractivity (Wildman–Crippen MR) is 474 cm³/mol. The fraction of sp³-hybridized carbons (Fsp3) is 0.568. The number of hydrogen-bond donors (Lipinski definition) is 4. The Balaban J connectivity index is 0.000000232. The number of ether oxygens (including phenoxy) is 5. The zero-order valence-corrected chi connectivity index (χ0v) is 71.6. The lowest BCUT2D eigenvalue weighted by Gasteiger charge is -2.34. The second kappa shape index (κ2) is 51.3. The van der Waals surface area contributed by atoms with Gasteiger partial charge in [0, 0.05) is 101 Å². The molecule has 1 aliphatic carbocycles. The number of likely N-dealkylation sites (tertiary alicyclic amines) is 2. The number of carbonyl (C=O) groups excluding carboxylic acids is 6. The standard InChI is InChI=1S/C30H34F3N3O5.C29H37N3O4.C19H26O3.C11H14N2O2.C2HF3O.CH2Cl2.3CH4/c31-30(32,33)29(40)36-12-1-2-21-5-6-24(34-28(21)36)7-8-26(37)35-13-9-19(10-14-35)16-23(18-27(38)39)22-4-3-20-11-15-41-25(20)17-22;1-35-28(34)19-24(23-5-4-21-12-16-36-26(21)18-23)17-20-10-14-32(15-11-20)27(33)9-8-25-7-6-22-3-2-13-30-29(22)31-25;1-21-19(20)13-17(11-14-5-3-2-4-6-14)16-8-7-15-9-10-22-18(15)12-16;14-10(15)6-5-9-4-3-8-2-1-7-12-11(8)13-9;3-2(4,5)1-6;2-1-3;;;/h3-6,17,19,23H,1-2,7-16,18H2,(H,38,39);4-7,18,20,24H,2-3,8-17,19H2,1H3,(H,30,31);7-8,12,14,17H,2-6,9-11,13H2,1H3;3-4H,1-2,5-7H2,(H,12,13)(H,14,15);1H;1H2;3*1H4. The number of amides is 3. The van der Waals surface area contributed by atoms with Gasteiger partial charge in [0.1, 0.15) is 34.7 Å². The third kappa shape index (κ3) is 31.9. The molecule has 3 aromatic heterocycles. The fourth-order valence-electron chi connectivity index (χ4n) is 17.6. The third-order valence-electron chi connectivity index (χ3n) is 24.2. The smallest absolute Gasteiger partial charge is 0.471 e. The monoisotopic (exact) mass is 1800 g/mol. The van der Waals surface area contributed by atoms with Crippen LogP contribution in [0.3, 0.4) is 0 Å². The molecule has 0 spiro atoms. The Labute approximate surface area is 746 Å². The number of esters is 2. The van der Waals surface area contributed by atoms with Crippen LogP contribution in [-0.2, 0) is 106 Å². The first kappa shape index (κ1) is 103. The van der Waals surface area contributed by atoms with E-state index in [1.54, 1.807) is 17.0 Å². The molecule has 11 heterocycles. The summed E-state index contributed by atoms with van der Waals surface area (Å²) in [6.07, 6.45) is 13.5. The largest absolute Gasteiger partial charge is 0.493 e. The minimum atomic E-state index is -4.97. The second-order valence-electron chi connectivity index (χ2n) is 32.7. The Hall–Kier alpha value is -9.77. The van der Waals surface area contributed by atoms with Gasteiger partial charge in [-0.1, -0.05) is 109 Å². The molecule has 3 unspecified atom stereocenters. The van der Waals surface area contributed by atoms with Gasteiger partial charge < -0.3 is 54.3 Å². The number of carboxylic acid groups (broad SMARTS) is 2. The summed E-state index contributed by atoms with van der Waals surface area (Å²) in [4.78, 5) is 110. The highest BCUT2D eigenvalue weighted by atomic mass is 35.5. The van der Waals surface area contributed by atoms with Crippen LogP contribution in [0.2, 0.25) is 0 Å². The van der Waals surface area contributed by atoms with Gasteiger partial charge in [0.25, 0.3) is 0 Å². The number of halogens is 8. The number of carbonyl (C=O) groups is 8. The van der Waals surface area contributed by atoms with E-state index in [-0.39, 0.29) is 113 Å². The number of carboxylic acids is 2. The number of nitrogens with zero attached hydrogens (tertiary/aromatic N) is 6. The number of rotatable bonds is 24. The van der Waals surface area contributed by atoms with Gasteiger partial charge >= 0.3 is 42.1 Å². The molecule has 1 saturated carbocycles. The molecule has 3 atom stereocenters. The molecular weight excluding hydrogens is 1680 g/mol. The summed E-state index contributed by atoms with van der Waals surface area (Å²) < 4.78 is 97.5. The zero-order chi connectivity index (χ0) is 88.0. The van der Waals surface area contributed by atoms with Crippen molar-refractivity contribution in [3.63, 3.8) is 0 Å². The number of aliphatic carboxylic acids is 2. The van der Waals surface area contributed by atoms with E-state index in [0.29, 0.717) is 86.7 Å². The number of fused-ring (bicyclic) bond motifs is 6. The summed E-state index contributed by atoms with van der Waals surface area (Å²) in [5.74, 6) is 2.83. The molecule has 8 aliphatic heterocycles. The topological polar surface area (TPSA) is 296 Å². The normalized spacial score (nSPS) is 16.7. The van der Waals surface area contributed by atoms with Crippen LogP contribution in [0.4, 0.5) is 43.8 Å². The van der Waals surface area contributed by atoms with Crippen molar-refractivity contribution in [3.8, 4) is 17.2 Å². The Morgan fingerprint density at radius 1 is 0.476 bits per heavy atom. The molecule has 2 saturated heterocycles. The van der Waals surface area contributed by atoms with Crippen molar-refractivity contribution in [1.82, 2.24) is 24.8 Å². The minimum absolute atomic E-state index is 0. The van der Waals surface area contributed by atoms with Crippen LogP contribution in [0.1, 0.15) is 242 Å². The maximum Gasteiger partial charge on any atom is 0.471 e. The first-order valence-corrected chi connectivity index (χ1v) is 44.1. The Bertz CT molecular complexity index is 4540. The third-order valence-corrected chi connectivity index (χ3v) is 24.2. The highest BCUT2D eigenvalue weighted by molar-refractivity contribution is 6.40. The summed E-state index contributed by atoms with van der Waals surface area (Å²) in [6.45, 7) is 6.75. The lowest BCUT2D eigenvalue weighted by Crippen LogP contribution is -2.44. The number of benzene rings is 3. The molecule has 15 rings (SSSR count). The van der Waals surface area contributed by atoms with E-state index in [1.165, 1.54) is 74.1 Å². The number of hydrogen-bond acceptors (Lipinski definition) is 18. The average Bonchev–Trinajstić information content (AvgIpc) is 1.07. The van der Waals surface area contributed by atoms with Crippen LogP contribution in [-0.4, -0.2) is 180 Å². The van der Waals surface area contributed by atoms with Crippen LogP contribution < -0.4 is 29.7 Å². The molecule has 3 amide bonds. The quantitative estimate of drug-likeness (QED) is 0.0189. The molecule has 9 aliphatic rings. The van der Waals surface area contributed by atoms with Gasteiger partial charge in [0.15, 0.2) is 0 Å². The van der Waals surface area contributed by atoms with Crippen LogP contribution in [0, 0.1) is 17.8 Å². The number of anilines is 3. The number of alkyl halides is 8. The van der Waals surface area contributed by atoms with Gasteiger partial charge in [0.05, 0.1) is 65.1 Å². The van der Waals surface area contributed by atoms with Crippen LogP contribution >= 0.6 is 23.2 Å². The van der Waals surface area contributed by atoms with Gasteiger partial charge in [-0.3, -0.25) is 43.3 Å². The lowest BCUT2D eigenvalue weighted by atomic mass is 9.79. The van der Waals surface area contributed by atoms with Crippen molar-refractivity contribution in [3.05, 3.63) is 158 Å². The number of pyridine rings is 3. The number of piperidine rings is 2. The van der Waals surface area contributed by atoms with Gasteiger partial charge in [-0.2, -0.15) is 26.3 Å². The lowest BCUT2D eigenvalue weighted by molar-refractivity contribution is -0.170. The number of methoxy groups -OCH3 is 2. The number of aromatic nitrogens is 3. The van der Waals surface area contributed by atoms with Crippen LogP contribution in [0.15, 0.2) is 91.0 Å². The van der Waals surface area contributed by atoms with Crippen molar-refractivity contribution in [2.24, 2.45) is 17.8 Å². The molecule has 6 aromatic rings. The highest BCUT2D eigenvalue weighted by Gasteiger charge is 2.45. The molecule has 692 valence electrons.